The number of nitrogens with one attached hydrogen (secondary N) is 1. The van der Waals surface area contributed by atoms with E-state index in [1.807, 2.05) is 58.3 Å². The van der Waals surface area contributed by atoms with Crippen LogP contribution in [0.15, 0.2) is 57.9 Å². The molecule has 40 heavy (non-hydrogen) atoms. The maximum absolute atomic E-state index is 13.3. The lowest BCUT2D eigenvalue weighted by molar-refractivity contribution is 0.00640. The van der Waals surface area contributed by atoms with E-state index in [0.717, 1.165) is 33.2 Å². The molecule has 1 unspecified atom stereocenters. The highest BCUT2D eigenvalue weighted by atomic mass is 35.5. The van der Waals surface area contributed by atoms with E-state index in [-0.39, 0.29) is 22.3 Å². The van der Waals surface area contributed by atoms with Crippen LogP contribution in [0, 0.1) is 13.8 Å². The number of hydrogen-bond acceptors (Lipinski definition) is 7. The number of halogens is 1. The predicted octanol–water partition coefficient (Wildman–Crippen LogP) is 7.14. The number of nitrogens with zero attached hydrogens (tertiary/aromatic N) is 3. The number of carbonyl (C=O) groups is 1. The third-order valence-electron chi connectivity index (χ3n) is 6.49. The van der Waals surface area contributed by atoms with Gasteiger partial charge in [0.2, 0.25) is 0 Å². The Morgan fingerprint density at radius 3 is 2.60 bits per heavy atom. The summed E-state index contributed by atoms with van der Waals surface area (Å²) in [4.78, 5) is 30.5. The summed E-state index contributed by atoms with van der Waals surface area (Å²) < 4.78 is 13.8. The second-order valence-corrected chi connectivity index (χ2v) is 11.5. The van der Waals surface area contributed by atoms with Crippen LogP contribution in [0.2, 0.25) is 5.15 Å². The molecule has 3 aromatic heterocycles. The minimum Gasteiger partial charge on any atom is -0.455 e. The summed E-state index contributed by atoms with van der Waals surface area (Å²) in [5.41, 5.74) is 4.51. The molecule has 3 heterocycles. The van der Waals surface area contributed by atoms with Crippen LogP contribution in [0.3, 0.4) is 0 Å². The molecule has 206 valence electrons. The number of anilines is 1. The fraction of sp³-hybridized carbons (Fsp3) is 0.290. The zero-order valence-corrected chi connectivity index (χ0v) is 24.3. The number of aryl methyl sites for hydroxylation is 3. The lowest BCUT2D eigenvalue weighted by Gasteiger charge is -2.22. The van der Waals surface area contributed by atoms with E-state index in [2.05, 4.69) is 15.4 Å². The Bertz CT molecular complexity index is 1850. The normalized spacial score (nSPS) is 12.6. The first kappa shape index (κ1) is 27.4. The second kappa shape index (κ2) is 10.1. The van der Waals surface area contributed by atoms with Gasteiger partial charge in [0.15, 0.2) is 11.1 Å². The Labute approximate surface area is 236 Å². The van der Waals surface area contributed by atoms with Gasteiger partial charge in [-0.25, -0.2) is 9.78 Å². The second-order valence-electron chi connectivity index (χ2n) is 11.1. The van der Waals surface area contributed by atoms with Crippen LogP contribution in [0.4, 0.5) is 5.69 Å². The molecule has 0 fully saturated rings. The third kappa shape index (κ3) is 5.45. The molecule has 0 radical (unpaired) electrons. The SMILES string of the molecule is Cc1cc(C(C)Nc2ccc(Cl)nc2C(=O)OC(C)(C)C)c2oc(-c3cc(C)c4nn(C)cc4c3)cc(=O)c2c1. The molecule has 0 aliphatic heterocycles. The molecular formula is C31H31ClN4O4. The summed E-state index contributed by atoms with van der Waals surface area (Å²) in [6.07, 6.45) is 1.94. The van der Waals surface area contributed by atoms with Crippen molar-refractivity contribution in [1.29, 1.82) is 0 Å². The van der Waals surface area contributed by atoms with Crippen molar-refractivity contribution in [2.45, 2.75) is 53.2 Å². The van der Waals surface area contributed by atoms with Crippen LogP contribution in [0.25, 0.3) is 33.2 Å². The largest absolute Gasteiger partial charge is 0.455 e. The summed E-state index contributed by atoms with van der Waals surface area (Å²) in [5, 5.41) is 9.50. The van der Waals surface area contributed by atoms with Gasteiger partial charge < -0.3 is 14.5 Å². The third-order valence-corrected chi connectivity index (χ3v) is 6.70. The number of esters is 1. The highest BCUT2D eigenvalue weighted by Gasteiger charge is 2.24. The number of ether oxygens (including phenoxy) is 1. The van der Waals surface area contributed by atoms with E-state index >= 15 is 0 Å². The molecule has 9 heteroatoms. The van der Waals surface area contributed by atoms with Gasteiger partial charge >= 0.3 is 5.97 Å². The van der Waals surface area contributed by atoms with Crippen molar-refractivity contribution in [3.8, 4) is 11.3 Å². The fourth-order valence-electron chi connectivity index (χ4n) is 4.82. The maximum atomic E-state index is 13.3. The van der Waals surface area contributed by atoms with Crippen LogP contribution in [-0.2, 0) is 11.8 Å². The molecule has 0 saturated heterocycles. The summed E-state index contributed by atoms with van der Waals surface area (Å²) in [6.45, 7) is 11.2. The molecule has 0 amide bonds. The van der Waals surface area contributed by atoms with E-state index in [1.54, 1.807) is 37.6 Å². The quantitative estimate of drug-likeness (QED) is 0.181. The Morgan fingerprint density at radius 2 is 1.88 bits per heavy atom. The van der Waals surface area contributed by atoms with Gasteiger partial charge in [-0.2, -0.15) is 5.10 Å². The summed E-state index contributed by atoms with van der Waals surface area (Å²) in [7, 11) is 1.88. The topological polar surface area (TPSA) is 99.2 Å². The van der Waals surface area contributed by atoms with Gasteiger partial charge in [-0.3, -0.25) is 9.48 Å². The zero-order valence-electron chi connectivity index (χ0n) is 23.5. The maximum Gasteiger partial charge on any atom is 0.359 e. The smallest absolute Gasteiger partial charge is 0.359 e. The van der Waals surface area contributed by atoms with Gasteiger partial charge in [-0.05, 0) is 83.0 Å². The van der Waals surface area contributed by atoms with E-state index in [9.17, 15) is 9.59 Å². The number of carbonyl (C=O) groups excluding carboxylic acids is 1. The van der Waals surface area contributed by atoms with Crippen molar-refractivity contribution in [1.82, 2.24) is 14.8 Å². The monoisotopic (exact) mass is 558 g/mol. The van der Waals surface area contributed by atoms with Gasteiger partial charge in [0, 0.05) is 35.8 Å². The molecule has 1 atom stereocenters. The van der Waals surface area contributed by atoms with E-state index < -0.39 is 11.6 Å². The summed E-state index contributed by atoms with van der Waals surface area (Å²) in [6, 6.07) is 12.2. The van der Waals surface area contributed by atoms with E-state index in [4.69, 9.17) is 20.8 Å². The Hall–Kier alpha value is -4.17. The number of benzene rings is 2. The number of pyridine rings is 1. The highest BCUT2D eigenvalue weighted by Crippen LogP contribution is 2.33. The lowest BCUT2D eigenvalue weighted by Crippen LogP contribution is -2.25. The average molecular weight is 559 g/mol. The molecule has 1 N–H and O–H groups in total. The average Bonchev–Trinajstić information content (AvgIpc) is 3.24. The predicted molar refractivity (Wildman–Crippen MR) is 158 cm³/mol. The Morgan fingerprint density at radius 1 is 1.12 bits per heavy atom. The molecule has 8 nitrogen and oxygen atoms in total. The van der Waals surface area contributed by atoms with Gasteiger partial charge in [0.25, 0.3) is 0 Å². The molecule has 5 rings (SSSR count). The zero-order chi connectivity index (χ0) is 28.9. The van der Waals surface area contributed by atoms with Crippen LogP contribution >= 0.6 is 11.6 Å². The Kier molecular flexibility index (Phi) is 6.92. The first-order chi connectivity index (χ1) is 18.8. The van der Waals surface area contributed by atoms with Crippen LogP contribution in [-0.4, -0.2) is 26.3 Å². The van der Waals surface area contributed by atoms with Crippen LogP contribution in [0.5, 0.6) is 0 Å². The minimum absolute atomic E-state index is 0.0774. The first-order valence-corrected chi connectivity index (χ1v) is 13.4. The summed E-state index contributed by atoms with van der Waals surface area (Å²) >= 11 is 6.12. The van der Waals surface area contributed by atoms with Gasteiger partial charge in [-0.15, -0.1) is 0 Å². The molecule has 0 aliphatic carbocycles. The highest BCUT2D eigenvalue weighted by molar-refractivity contribution is 6.29. The fourth-order valence-corrected chi connectivity index (χ4v) is 4.96. The van der Waals surface area contributed by atoms with E-state index in [0.29, 0.717) is 22.4 Å². The molecule has 0 bridgehead atoms. The molecule has 2 aromatic carbocycles. The van der Waals surface area contributed by atoms with Crippen LogP contribution in [0.1, 0.15) is 60.9 Å². The molecule has 0 spiro atoms. The van der Waals surface area contributed by atoms with Gasteiger partial charge in [0.1, 0.15) is 22.1 Å². The van der Waals surface area contributed by atoms with E-state index in [1.165, 1.54) is 6.07 Å². The number of hydrogen-bond donors (Lipinski definition) is 1. The van der Waals surface area contributed by atoms with Crippen molar-refractivity contribution in [2.75, 3.05) is 5.32 Å². The standard InChI is InChI=1S/C31H31ClN4O4/c1-16-10-21(18(3)33-23-8-9-26(32)34-28(23)30(38)40-31(4,5)6)29-22(11-16)24(37)14-25(39-29)19-12-17(2)27-20(13-19)15-36(7)35-27/h8-15,18,33H,1-7H3. The van der Waals surface area contributed by atoms with Crippen LogP contribution < -0.4 is 10.7 Å². The first-order valence-electron chi connectivity index (χ1n) is 13.0. The van der Waals surface area contributed by atoms with Gasteiger partial charge in [-0.1, -0.05) is 17.7 Å². The number of aromatic nitrogens is 3. The molecule has 5 aromatic rings. The van der Waals surface area contributed by atoms with Crippen molar-refractivity contribution < 1.29 is 13.9 Å². The van der Waals surface area contributed by atoms with Crippen molar-refractivity contribution in [3.63, 3.8) is 0 Å². The number of fused-ring (bicyclic) bond motifs is 2. The summed E-state index contributed by atoms with van der Waals surface area (Å²) in [5.74, 6) is -0.125. The van der Waals surface area contributed by atoms with Crippen molar-refractivity contribution in [3.05, 3.63) is 86.4 Å². The molecule has 0 saturated carbocycles. The minimum atomic E-state index is -0.701. The lowest BCUT2D eigenvalue weighted by atomic mass is 10.00. The molecular weight excluding hydrogens is 528 g/mol. The van der Waals surface area contributed by atoms with Crippen molar-refractivity contribution in [2.24, 2.45) is 7.05 Å². The Balaban J connectivity index is 1.60. The van der Waals surface area contributed by atoms with Crippen molar-refractivity contribution >= 4 is 45.1 Å². The molecule has 0 aliphatic rings. The van der Waals surface area contributed by atoms with Gasteiger partial charge in [0.05, 0.1) is 22.6 Å². The number of rotatable bonds is 5.